The van der Waals surface area contributed by atoms with Crippen molar-refractivity contribution in [3.05, 3.63) is 35.9 Å². The number of rotatable bonds is 7. The van der Waals surface area contributed by atoms with Gasteiger partial charge in [-0.2, -0.15) is 0 Å². The Kier molecular flexibility index (Phi) is 6.38. The highest BCUT2D eigenvalue weighted by molar-refractivity contribution is 5.82. The molecule has 0 aliphatic heterocycles. The Labute approximate surface area is 111 Å². The lowest BCUT2D eigenvalue weighted by atomic mass is 10.1. The number of hydrogen-bond donors (Lipinski definition) is 4. The van der Waals surface area contributed by atoms with Crippen molar-refractivity contribution in [2.75, 3.05) is 13.2 Å². The lowest BCUT2D eigenvalue weighted by Crippen LogP contribution is -2.46. The standard InChI is InChI=1S/C13H18N2O4/c16-9-7-11(12(17)18)15-13(19)14-8-6-10-4-2-1-3-5-10/h1-5,11,16H,6-9H2,(H,17,18)(H2,14,15,19)/t11-/m0/s1. The van der Waals surface area contributed by atoms with Gasteiger partial charge in [0.05, 0.1) is 0 Å². The quantitative estimate of drug-likeness (QED) is 0.573. The molecule has 0 unspecified atom stereocenters. The van der Waals surface area contributed by atoms with E-state index in [1.54, 1.807) is 0 Å². The summed E-state index contributed by atoms with van der Waals surface area (Å²) in [4.78, 5) is 22.2. The van der Waals surface area contributed by atoms with Crippen molar-refractivity contribution in [2.24, 2.45) is 0 Å². The second-order valence-corrected chi connectivity index (χ2v) is 4.04. The van der Waals surface area contributed by atoms with Crippen molar-refractivity contribution in [1.82, 2.24) is 10.6 Å². The summed E-state index contributed by atoms with van der Waals surface area (Å²) in [7, 11) is 0. The smallest absolute Gasteiger partial charge is 0.326 e. The highest BCUT2D eigenvalue weighted by atomic mass is 16.4. The van der Waals surface area contributed by atoms with Crippen LogP contribution < -0.4 is 10.6 Å². The lowest BCUT2D eigenvalue weighted by molar-refractivity contribution is -0.139. The van der Waals surface area contributed by atoms with E-state index in [2.05, 4.69) is 10.6 Å². The first kappa shape index (κ1) is 15.0. The van der Waals surface area contributed by atoms with Crippen molar-refractivity contribution >= 4 is 12.0 Å². The molecular weight excluding hydrogens is 248 g/mol. The summed E-state index contributed by atoms with van der Waals surface area (Å²) in [5.41, 5.74) is 1.09. The number of amides is 2. The molecule has 1 rings (SSSR count). The fraction of sp³-hybridized carbons (Fsp3) is 0.385. The molecular formula is C13H18N2O4. The summed E-state index contributed by atoms with van der Waals surface area (Å²) in [5, 5.41) is 22.4. The molecule has 0 saturated carbocycles. The third kappa shape index (κ3) is 5.87. The molecule has 104 valence electrons. The fourth-order valence-corrected chi connectivity index (χ4v) is 1.56. The van der Waals surface area contributed by atoms with Crippen LogP contribution in [-0.2, 0) is 11.2 Å². The monoisotopic (exact) mass is 266 g/mol. The number of carboxylic acid groups (broad SMARTS) is 1. The maximum Gasteiger partial charge on any atom is 0.326 e. The predicted octanol–water partition coefficient (Wildman–Crippen LogP) is 0.364. The van der Waals surface area contributed by atoms with E-state index in [9.17, 15) is 9.59 Å². The fourth-order valence-electron chi connectivity index (χ4n) is 1.56. The number of aliphatic hydroxyl groups is 1. The van der Waals surface area contributed by atoms with E-state index in [1.165, 1.54) is 0 Å². The molecule has 4 N–H and O–H groups in total. The molecule has 1 atom stereocenters. The Morgan fingerprint density at radius 2 is 1.89 bits per heavy atom. The number of nitrogens with one attached hydrogen (secondary N) is 2. The van der Waals surface area contributed by atoms with Gasteiger partial charge < -0.3 is 20.8 Å². The molecule has 0 bridgehead atoms. The molecule has 0 aliphatic rings. The highest BCUT2D eigenvalue weighted by Gasteiger charge is 2.18. The summed E-state index contributed by atoms with van der Waals surface area (Å²) in [6, 6.07) is 8.03. The minimum atomic E-state index is -1.16. The molecule has 0 saturated heterocycles. The van der Waals surface area contributed by atoms with Gasteiger partial charge in [-0.3, -0.25) is 0 Å². The van der Waals surface area contributed by atoms with Crippen LogP contribution in [0.25, 0.3) is 0 Å². The van der Waals surface area contributed by atoms with Crippen LogP contribution in [0.1, 0.15) is 12.0 Å². The normalized spacial score (nSPS) is 11.6. The van der Waals surface area contributed by atoms with E-state index in [-0.39, 0.29) is 13.0 Å². The van der Waals surface area contributed by atoms with Crippen molar-refractivity contribution < 1.29 is 19.8 Å². The van der Waals surface area contributed by atoms with Crippen LogP contribution in [0.5, 0.6) is 0 Å². The Morgan fingerprint density at radius 1 is 1.21 bits per heavy atom. The zero-order chi connectivity index (χ0) is 14.1. The minimum absolute atomic E-state index is 0.0125. The zero-order valence-electron chi connectivity index (χ0n) is 10.5. The third-order valence-corrected chi connectivity index (χ3v) is 2.56. The van der Waals surface area contributed by atoms with Crippen LogP contribution in [0, 0.1) is 0 Å². The van der Waals surface area contributed by atoms with Gasteiger partial charge in [0.1, 0.15) is 6.04 Å². The Balaban J connectivity index is 2.29. The molecule has 0 fully saturated rings. The van der Waals surface area contributed by atoms with Crippen molar-refractivity contribution in [2.45, 2.75) is 18.9 Å². The van der Waals surface area contributed by atoms with Crippen LogP contribution >= 0.6 is 0 Å². The van der Waals surface area contributed by atoms with Crippen LogP contribution in [-0.4, -0.2) is 41.4 Å². The first-order chi connectivity index (χ1) is 9.13. The third-order valence-electron chi connectivity index (χ3n) is 2.56. The number of aliphatic hydroxyl groups excluding tert-OH is 1. The molecule has 0 spiro atoms. The van der Waals surface area contributed by atoms with Crippen molar-refractivity contribution in [1.29, 1.82) is 0 Å². The number of carbonyl (C=O) groups is 2. The number of carbonyl (C=O) groups excluding carboxylic acids is 1. The molecule has 6 heteroatoms. The van der Waals surface area contributed by atoms with Gasteiger partial charge in [-0.25, -0.2) is 9.59 Å². The SMILES string of the molecule is O=C(NCCc1ccccc1)N[C@@H](CCO)C(=O)O. The molecule has 0 radical (unpaired) electrons. The summed E-state index contributed by atoms with van der Waals surface area (Å²) in [6.45, 7) is 0.128. The van der Waals surface area contributed by atoms with Gasteiger partial charge in [0.15, 0.2) is 0 Å². The van der Waals surface area contributed by atoms with Crippen LogP contribution in [0.4, 0.5) is 4.79 Å². The minimum Gasteiger partial charge on any atom is -0.480 e. The van der Waals surface area contributed by atoms with Gasteiger partial charge in [-0.1, -0.05) is 30.3 Å². The second kappa shape index (κ2) is 8.10. The van der Waals surface area contributed by atoms with E-state index < -0.39 is 18.0 Å². The van der Waals surface area contributed by atoms with Gasteiger partial charge >= 0.3 is 12.0 Å². The maximum atomic E-state index is 11.5. The predicted molar refractivity (Wildman–Crippen MR) is 69.8 cm³/mol. The van der Waals surface area contributed by atoms with Crippen molar-refractivity contribution in [3.8, 4) is 0 Å². The van der Waals surface area contributed by atoms with Crippen LogP contribution in [0.3, 0.4) is 0 Å². The van der Waals surface area contributed by atoms with E-state index >= 15 is 0 Å². The van der Waals surface area contributed by atoms with Gasteiger partial charge in [-0.15, -0.1) is 0 Å². The molecule has 2 amide bonds. The number of benzene rings is 1. The Bertz CT molecular complexity index is 408. The summed E-state index contributed by atoms with van der Waals surface area (Å²) >= 11 is 0. The van der Waals surface area contributed by atoms with Gasteiger partial charge in [0.2, 0.25) is 0 Å². The van der Waals surface area contributed by atoms with Gasteiger partial charge in [-0.05, 0) is 12.0 Å². The topological polar surface area (TPSA) is 98.7 Å². The lowest BCUT2D eigenvalue weighted by Gasteiger charge is -2.13. The molecule has 0 heterocycles. The average molecular weight is 266 g/mol. The maximum absolute atomic E-state index is 11.5. The van der Waals surface area contributed by atoms with E-state index in [0.29, 0.717) is 13.0 Å². The molecule has 6 nitrogen and oxygen atoms in total. The molecule has 1 aromatic rings. The van der Waals surface area contributed by atoms with Crippen LogP contribution in [0.2, 0.25) is 0 Å². The number of aliphatic carboxylic acids is 1. The molecule has 1 aromatic carbocycles. The van der Waals surface area contributed by atoms with Gasteiger partial charge in [0, 0.05) is 19.6 Å². The zero-order valence-corrected chi connectivity index (χ0v) is 10.5. The first-order valence-corrected chi connectivity index (χ1v) is 6.05. The summed E-state index contributed by atoms with van der Waals surface area (Å²) in [6.07, 6.45) is 0.660. The number of carboxylic acids is 1. The Morgan fingerprint density at radius 3 is 2.47 bits per heavy atom. The summed E-state index contributed by atoms with van der Waals surface area (Å²) < 4.78 is 0. The number of hydrogen-bond acceptors (Lipinski definition) is 3. The Hall–Kier alpha value is -2.08. The molecule has 0 aliphatic carbocycles. The second-order valence-electron chi connectivity index (χ2n) is 4.04. The molecule has 19 heavy (non-hydrogen) atoms. The van der Waals surface area contributed by atoms with E-state index in [4.69, 9.17) is 10.2 Å². The van der Waals surface area contributed by atoms with Crippen molar-refractivity contribution in [3.63, 3.8) is 0 Å². The largest absolute Gasteiger partial charge is 0.480 e. The first-order valence-electron chi connectivity index (χ1n) is 6.05. The van der Waals surface area contributed by atoms with Crippen LogP contribution in [0.15, 0.2) is 30.3 Å². The van der Waals surface area contributed by atoms with E-state index in [1.807, 2.05) is 30.3 Å². The van der Waals surface area contributed by atoms with Gasteiger partial charge in [0.25, 0.3) is 0 Å². The number of urea groups is 1. The highest BCUT2D eigenvalue weighted by Crippen LogP contribution is 1.98. The average Bonchev–Trinajstić information content (AvgIpc) is 2.39. The van der Waals surface area contributed by atoms with E-state index in [0.717, 1.165) is 5.56 Å². The summed E-state index contributed by atoms with van der Waals surface area (Å²) in [5.74, 6) is -1.16. The molecule has 0 aromatic heterocycles.